The lowest BCUT2D eigenvalue weighted by Gasteiger charge is -2.15. The molecule has 0 amide bonds. The first-order valence-corrected chi connectivity index (χ1v) is 4.28. The third kappa shape index (κ3) is 6.12. The molecule has 1 unspecified atom stereocenters. The second kappa shape index (κ2) is 7.06. The van der Waals surface area contributed by atoms with Crippen LogP contribution in [0.25, 0.3) is 0 Å². The molecule has 0 aromatic rings. The molecule has 0 saturated carbocycles. The van der Waals surface area contributed by atoms with Gasteiger partial charge in [-0.05, 0) is 32.4 Å². The summed E-state index contributed by atoms with van der Waals surface area (Å²) in [7, 11) is 0. The van der Waals surface area contributed by atoms with E-state index in [0.29, 0.717) is 13.1 Å². The van der Waals surface area contributed by atoms with E-state index in [2.05, 4.69) is 0 Å². The predicted molar refractivity (Wildman–Crippen MR) is 47.5 cm³/mol. The van der Waals surface area contributed by atoms with E-state index >= 15 is 0 Å². The highest BCUT2D eigenvalue weighted by atomic mass is 16.5. The Kier molecular flexibility index (Phi) is 6.70. The molecule has 0 fully saturated rings. The third-order valence-electron chi connectivity index (χ3n) is 1.55. The SMILES string of the molecule is CC(=O)OC(CCN)CCCN. The van der Waals surface area contributed by atoms with E-state index in [1.165, 1.54) is 6.92 Å². The zero-order valence-electron chi connectivity index (χ0n) is 7.58. The van der Waals surface area contributed by atoms with Gasteiger partial charge in [0, 0.05) is 6.92 Å². The summed E-state index contributed by atoms with van der Waals surface area (Å²) < 4.78 is 5.02. The Hall–Kier alpha value is -0.610. The van der Waals surface area contributed by atoms with Crippen LogP contribution in [-0.2, 0) is 9.53 Å². The van der Waals surface area contributed by atoms with E-state index in [0.717, 1.165) is 19.3 Å². The fourth-order valence-corrected chi connectivity index (χ4v) is 1.03. The summed E-state index contributed by atoms with van der Waals surface area (Å²) in [6.45, 7) is 2.58. The summed E-state index contributed by atoms with van der Waals surface area (Å²) in [5.74, 6) is -0.245. The summed E-state index contributed by atoms with van der Waals surface area (Å²) in [6.07, 6.45) is 2.36. The number of esters is 1. The summed E-state index contributed by atoms with van der Waals surface area (Å²) in [6, 6.07) is 0. The van der Waals surface area contributed by atoms with Crippen LogP contribution in [0.1, 0.15) is 26.2 Å². The zero-order chi connectivity index (χ0) is 9.40. The highest BCUT2D eigenvalue weighted by Gasteiger charge is 2.09. The monoisotopic (exact) mass is 174 g/mol. The molecule has 4 nitrogen and oxygen atoms in total. The average molecular weight is 174 g/mol. The minimum Gasteiger partial charge on any atom is -0.463 e. The highest BCUT2D eigenvalue weighted by molar-refractivity contribution is 5.66. The Morgan fingerprint density at radius 2 is 2.00 bits per heavy atom. The normalized spacial score (nSPS) is 12.6. The first-order valence-electron chi connectivity index (χ1n) is 4.28. The lowest BCUT2D eigenvalue weighted by molar-refractivity contribution is -0.146. The summed E-state index contributed by atoms with van der Waals surface area (Å²) in [5, 5.41) is 0. The van der Waals surface area contributed by atoms with Crippen molar-refractivity contribution >= 4 is 5.97 Å². The first kappa shape index (κ1) is 11.4. The van der Waals surface area contributed by atoms with Crippen molar-refractivity contribution < 1.29 is 9.53 Å². The molecular formula is C8H18N2O2. The Bertz CT molecular complexity index is 128. The molecular weight excluding hydrogens is 156 g/mol. The summed E-state index contributed by atoms with van der Waals surface area (Å²) >= 11 is 0. The van der Waals surface area contributed by atoms with Gasteiger partial charge in [0.2, 0.25) is 0 Å². The van der Waals surface area contributed by atoms with E-state index in [1.54, 1.807) is 0 Å². The van der Waals surface area contributed by atoms with Crippen LogP contribution < -0.4 is 11.5 Å². The van der Waals surface area contributed by atoms with Gasteiger partial charge in [0.05, 0.1) is 0 Å². The number of ether oxygens (including phenoxy) is 1. The van der Waals surface area contributed by atoms with E-state index in [9.17, 15) is 4.79 Å². The second-order valence-corrected chi connectivity index (χ2v) is 2.74. The molecule has 0 bridgehead atoms. The number of carbonyl (C=O) groups excluding carboxylic acids is 1. The van der Waals surface area contributed by atoms with Crippen LogP contribution in [0.4, 0.5) is 0 Å². The topological polar surface area (TPSA) is 78.3 Å². The molecule has 0 rings (SSSR count). The highest BCUT2D eigenvalue weighted by Crippen LogP contribution is 2.05. The zero-order valence-corrected chi connectivity index (χ0v) is 7.58. The fourth-order valence-electron chi connectivity index (χ4n) is 1.03. The largest absolute Gasteiger partial charge is 0.463 e. The minimum absolute atomic E-state index is 0.0453. The first-order chi connectivity index (χ1) is 5.70. The molecule has 0 aromatic carbocycles. The standard InChI is InChI=1S/C8H18N2O2/c1-7(11)12-8(4-6-10)3-2-5-9/h8H,2-6,9-10H2,1H3. The maximum absolute atomic E-state index is 10.6. The summed E-state index contributed by atoms with van der Waals surface area (Å²) in [4.78, 5) is 10.6. The Labute approximate surface area is 73.2 Å². The van der Waals surface area contributed by atoms with Crippen LogP contribution in [0.15, 0.2) is 0 Å². The van der Waals surface area contributed by atoms with Gasteiger partial charge >= 0.3 is 5.97 Å². The van der Waals surface area contributed by atoms with Crippen LogP contribution in [0.5, 0.6) is 0 Å². The maximum atomic E-state index is 10.6. The molecule has 0 saturated heterocycles. The Morgan fingerprint density at radius 3 is 2.42 bits per heavy atom. The molecule has 1 atom stereocenters. The molecule has 0 aromatic heterocycles. The number of hydrogen-bond acceptors (Lipinski definition) is 4. The van der Waals surface area contributed by atoms with Crippen molar-refractivity contribution in [1.29, 1.82) is 0 Å². The van der Waals surface area contributed by atoms with Crippen LogP contribution in [-0.4, -0.2) is 25.2 Å². The number of hydrogen-bond donors (Lipinski definition) is 2. The molecule has 4 N–H and O–H groups in total. The van der Waals surface area contributed by atoms with Crippen LogP contribution in [0.3, 0.4) is 0 Å². The third-order valence-corrected chi connectivity index (χ3v) is 1.55. The maximum Gasteiger partial charge on any atom is 0.302 e. The van der Waals surface area contributed by atoms with E-state index < -0.39 is 0 Å². The van der Waals surface area contributed by atoms with Crippen molar-refractivity contribution in [3.8, 4) is 0 Å². The molecule has 0 aliphatic rings. The van der Waals surface area contributed by atoms with Crippen molar-refractivity contribution in [1.82, 2.24) is 0 Å². The van der Waals surface area contributed by atoms with Crippen LogP contribution in [0.2, 0.25) is 0 Å². The van der Waals surface area contributed by atoms with Crippen molar-refractivity contribution in [2.45, 2.75) is 32.3 Å². The van der Waals surface area contributed by atoms with Crippen LogP contribution in [0, 0.1) is 0 Å². The van der Waals surface area contributed by atoms with Gasteiger partial charge < -0.3 is 16.2 Å². The molecule has 0 radical (unpaired) electrons. The molecule has 0 aliphatic heterocycles. The number of carbonyl (C=O) groups is 1. The molecule has 0 heterocycles. The predicted octanol–water partition coefficient (Wildman–Crippen LogP) is 0.00580. The molecule has 0 aliphatic carbocycles. The van der Waals surface area contributed by atoms with Gasteiger partial charge in [-0.1, -0.05) is 0 Å². The lowest BCUT2D eigenvalue weighted by Crippen LogP contribution is -2.21. The van der Waals surface area contributed by atoms with Gasteiger partial charge in [-0.3, -0.25) is 4.79 Å². The van der Waals surface area contributed by atoms with Crippen molar-refractivity contribution in [2.24, 2.45) is 11.5 Å². The Morgan fingerprint density at radius 1 is 1.33 bits per heavy atom. The number of rotatable bonds is 6. The van der Waals surface area contributed by atoms with Crippen molar-refractivity contribution in [3.05, 3.63) is 0 Å². The quantitative estimate of drug-likeness (QED) is 0.556. The van der Waals surface area contributed by atoms with Gasteiger partial charge in [-0.25, -0.2) is 0 Å². The average Bonchev–Trinajstić information content (AvgIpc) is 2.00. The van der Waals surface area contributed by atoms with Gasteiger partial charge in [-0.15, -0.1) is 0 Å². The Balaban J connectivity index is 3.61. The number of nitrogens with two attached hydrogens (primary N) is 2. The fraction of sp³-hybridized carbons (Fsp3) is 0.875. The molecule has 4 heteroatoms. The van der Waals surface area contributed by atoms with Gasteiger partial charge in [0.1, 0.15) is 6.10 Å². The van der Waals surface area contributed by atoms with E-state index in [4.69, 9.17) is 16.2 Å². The van der Waals surface area contributed by atoms with Gasteiger partial charge in [0.25, 0.3) is 0 Å². The smallest absolute Gasteiger partial charge is 0.302 e. The minimum atomic E-state index is -0.245. The van der Waals surface area contributed by atoms with Crippen LogP contribution >= 0.6 is 0 Å². The second-order valence-electron chi connectivity index (χ2n) is 2.74. The summed E-state index contributed by atoms with van der Waals surface area (Å²) in [5.41, 5.74) is 10.7. The molecule has 0 spiro atoms. The lowest BCUT2D eigenvalue weighted by atomic mass is 10.1. The van der Waals surface area contributed by atoms with E-state index in [-0.39, 0.29) is 12.1 Å². The van der Waals surface area contributed by atoms with Gasteiger partial charge in [-0.2, -0.15) is 0 Å². The van der Waals surface area contributed by atoms with Crippen molar-refractivity contribution in [2.75, 3.05) is 13.1 Å². The molecule has 72 valence electrons. The molecule has 12 heavy (non-hydrogen) atoms. The van der Waals surface area contributed by atoms with Gasteiger partial charge in [0.15, 0.2) is 0 Å². The van der Waals surface area contributed by atoms with Crippen molar-refractivity contribution in [3.63, 3.8) is 0 Å². The van der Waals surface area contributed by atoms with E-state index in [1.807, 2.05) is 0 Å².